The minimum absolute atomic E-state index is 0.247. The SMILES string of the molecule is COc1ccc(C2CCC3(CC2)OCCO3)cc1. The van der Waals surface area contributed by atoms with Gasteiger partial charge in [0, 0.05) is 12.8 Å². The Balaban J connectivity index is 1.64. The van der Waals surface area contributed by atoms with Crippen LogP contribution in [0, 0.1) is 0 Å². The Morgan fingerprint density at radius 3 is 2.22 bits per heavy atom. The fraction of sp³-hybridized carbons (Fsp3) is 0.600. The van der Waals surface area contributed by atoms with E-state index in [0.29, 0.717) is 5.92 Å². The molecule has 0 radical (unpaired) electrons. The smallest absolute Gasteiger partial charge is 0.168 e. The lowest BCUT2D eigenvalue weighted by Crippen LogP contribution is -2.34. The van der Waals surface area contributed by atoms with Crippen molar-refractivity contribution in [1.82, 2.24) is 0 Å². The molecular formula is C15H20O3. The maximum absolute atomic E-state index is 5.76. The first-order chi connectivity index (χ1) is 8.81. The highest BCUT2D eigenvalue weighted by Crippen LogP contribution is 2.42. The molecule has 1 aliphatic carbocycles. The van der Waals surface area contributed by atoms with Crippen molar-refractivity contribution in [1.29, 1.82) is 0 Å². The Labute approximate surface area is 108 Å². The molecule has 98 valence electrons. The summed E-state index contributed by atoms with van der Waals surface area (Å²) in [5.74, 6) is 1.31. The van der Waals surface area contributed by atoms with Crippen molar-refractivity contribution in [3.05, 3.63) is 29.8 Å². The standard InChI is InChI=1S/C15H20O3/c1-16-14-4-2-12(3-5-14)13-6-8-15(9-7-13)17-10-11-18-15/h2-5,13H,6-11H2,1H3. The van der Waals surface area contributed by atoms with Crippen LogP contribution in [0.25, 0.3) is 0 Å². The molecule has 0 N–H and O–H groups in total. The third kappa shape index (κ3) is 2.25. The van der Waals surface area contributed by atoms with E-state index in [-0.39, 0.29) is 5.79 Å². The summed E-state index contributed by atoms with van der Waals surface area (Å²) in [5.41, 5.74) is 1.41. The molecule has 1 aliphatic heterocycles. The van der Waals surface area contributed by atoms with Crippen molar-refractivity contribution in [2.45, 2.75) is 37.4 Å². The third-order valence-electron chi connectivity index (χ3n) is 4.15. The number of ether oxygens (including phenoxy) is 3. The predicted octanol–water partition coefficient (Wildman–Crippen LogP) is 3.10. The van der Waals surface area contributed by atoms with Crippen molar-refractivity contribution in [2.75, 3.05) is 20.3 Å². The van der Waals surface area contributed by atoms with Crippen LogP contribution in [0.3, 0.4) is 0 Å². The quantitative estimate of drug-likeness (QED) is 0.805. The van der Waals surface area contributed by atoms with Gasteiger partial charge in [-0.15, -0.1) is 0 Å². The normalized spacial score (nSPS) is 23.4. The largest absolute Gasteiger partial charge is 0.497 e. The van der Waals surface area contributed by atoms with E-state index < -0.39 is 0 Å². The second kappa shape index (κ2) is 4.90. The van der Waals surface area contributed by atoms with Gasteiger partial charge in [-0.25, -0.2) is 0 Å². The zero-order valence-electron chi connectivity index (χ0n) is 10.9. The van der Waals surface area contributed by atoms with Gasteiger partial charge in [-0.3, -0.25) is 0 Å². The summed E-state index contributed by atoms with van der Waals surface area (Å²) >= 11 is 0. The molecule has 1 heterocycles. The second-order valence-corrected chi connectivity index (χ2v) is 5.16. The summed E-state index contributed by atoms with van der Waals surface area (Å²) < 4.78 is 16.7. The van der Waals surface area contributed by atoms with E-state index in [4.69, 9.17) is 14.2 Å². The minimum Gasteiger partial charge on any atom is -0.497 e. The summed E-state index contributed by atoms with van der Waals surface area (Å²) in [4.78, 5) is 0. The molecule has 1 spiro atoms. The molecule has 3 heteroatoms. The molecule has 1 saturated heterocycles. The monoisotopic (exact) mass is 248 g/mol. The van der Waals surface area contributed by atoms with Crippen molar-refractivity contribution >= 4 is 0 Å². The number of benzene rings is 1. The highest BCUT2D eigenvalue weighted by atomic mass is 16.7. The second-order valence-electron chi connectivity index (χ2n) is 5.16. The van der Waals surface area contributed by atoms with Crippen LogP contribution in [-0.4, -0.2) is 26.1 Å². The zero-order chi connectivity index (χ0) is 12.4. The molecule has 1 aromatic carbocycles. The topological polar surface area (TPSA) is 27.7 Å². The Kier molecular flexibility index (Phi) is 3.27. The Morgan fingerprint density at radius 2 is 1.67 bits per heavy atom. The molecule has 1 aromatic rings. The van der Waals surface area contributed by atoms with Crippen molar-refractivity contribution in [3.8, 4) is 5.75 Å². The summed E-state index contributed by atoms with van der Waals surface area (Å²) in [6.07, 6.45) is 4.33. The first-order valence-electron chi connectivity index (χ1n) is 6.73. The predicted molar refractivity (Wildman–Crippen MR) is 68.8 cm³/mol. The third-order valence-corrected chi connectivity index (χ3v) is 4.15. The van der Waals surface area contributed by atoms with Gasteiger partial charge in [-0.2, -0.15) is 0 Å². The van der Waals surface area contributed by atoms with Gasteiger partial charge in [0.1, 0.15) is 5.75 Å². The van der Waals surface area contributed by atoms with Gasteiger partial charge in [0.25, 0.3) is 0 Å². The van der Waals surface area contributed by atoms with Crippen molar-refractivity contribution in [2.24, 2.45) is 0 Å². The lowest BCUT2D eigenvalue weighted by Gasteiger charge is -2.35. The average Bonchev–Trinajstić information content (AvgIpc) is 2.88. The number of methoxy groups -OCH3 is 1. The van der Waals surface area contributed by atoms with Gasteiger partial charge in [0.2, 0.25) is 0 Å². The summed E-state index contributed by atoms with van der Waals surface area (Å²) in [6.45, 7) is 1.51. The van der Waals surface area contributed by atoms with E-state index in [2.05, 4.69) is 12.1 Å². The van der Waals surface area contributed by atoms with Gasteiger partial charge in [0.15, 0.2) is 5.79 Å². The lowest BCUT2D eigenvalue weighted by atomic mass is 9.81. The fourth-order valence-electron chi connectivity index (χ4n) is 3.05. The lowest BCUT2D eigenvalue weighted by molar-refractivity contribution is -0.178. The number of hydrogen-bond donors (Lipinski definition) is 0. The van der Waals surface area contributed by atoms with Crippen LogP contribution >= 0.6 is 0 Å². The molecule has 0 amide bonds. The van der Waals surface area contributed by atoms with E-state index in [9.17, 15) is 0 Å². The summed E-state index contributed by atoms with van der Waals surface area (Å²) in [5, 5.41) is 0. The van der Waals surface area contributed by atoms with Gasteiger partial charge in [-0.1, -0.05) is 12.1 Å². The van der Waals surface area contributed by atoms with E-state index >= 15 is 0 Å². The highest BCUT2D eigenvalue weighted by Gasteiger charge is 2.40. The van der Waals surface area contributed by atoms with Crippen molar-refractivity contribution in [3.63, 3.8) is 0 Å². The molecule has 3 nitrogen and oxygen atoms in total. The van der Waals surface area contributed by atoms with E-state index in [1.54, 1.807) is 7.11 Å². The van der Waals surface area contributed by atoms with Crippen LogP contribution in [-0.2, 0) is 9.47 Å². The molecule has 18 heavy (non-hydrogen) atoms. The Bertz CT molecular complexity index is 383. The molecule has 0 bridgehead atoms. The van der Waals surface area contributed by atoms with Gasteiger partial charge in [0.05, 0.1) is 20.3 Å². The maximum atomic E-state index is 5.76. The minimum atomic E-state index is -0.247. The number of hydrogen-bond acceptors (Lipinski definition) is 3. The first kappa shape index (κ1) is 12.0. The molecule has 1 saturated carbocycles. The van der Waals surface area contributed by atoms with Crippen LogP contribution in [0.1, 0.15) is 37.2 Å². The Morgan fingerprint density at radius 1 is 1.06 bits per heavy atom. The van der Waals surface area contributed by atoms with Gasteiger partial charge in [-0.05, 0) is 36.5 Å². The van der Waals surface area contributed by atoms with Crippen molar-refractivity contribution < 1.29 is 14.2 Å². The molecule has 2 aliphatic rings. The van der Waals surface area contributed by atoms with Crippen LogP contribution in [0.5, 0.6) is 5.75 Å². The Hall–Kier alpha value is -1.06. The maximum Gasteiger partial charge on any atom is 0.168 e. The summed E-state index contributed by atoms with van der Waals surface area (Å²) in [6, 6.07) is 8.44. The molecule has 0 atom stereocenters. The van der Waals surface area contributed by atoms with Gasteiger partial charge < -0.3 is 14.2 Å². The average molecular weight is 248 g/mol. The van der Waals surface area contributed by atoms with Crippen LogP contribution in [0.2, 0.25) is 0 Å². The van der Waals surface area contributed by atoms with Crippen LogP contribution in [0.4, 0.5) is 0 Å². The molecule has 3 rings (SSSR count). The fourth-order valence-corrected chi connectivity index (χ4v) is 3.05. The molecular weight excluding hydrogens is 228 g/mol. The van der Waals surface area contributed by atoms with Crippen LogP contribution < -0.4 is 4.74 Å². The molecule has 0 unspecified atom stereocenters. The number of rotatable bonds is 2. The van der Waals surface area contributed by atoms with Gasteiger partial charge >= 0.3 is 0 Å². The van der Waals surface area contributed by atoms with Crippen LogP contribution in [0.15, 0.2) is 24.3 Å². The van der Waals surface area contributed by atoms with E-state index in [0.717, 1.165) is 44.6 Å². The zero-order valence-corrected chi connectivity index (χ0v) is 10.9. The molecule has 0 aromatic heterocycles. The summed E-state index contributed by atoms with van der Waals surface area (Å²) in [7, 11) is 1.70. The van der Waals surface area contributed by atoms with E-state index in [1.807, 2.05) is 12.1 Å². The highest BCUT2D eigenvalue weighted by molar-refractivity contribution is 5.29. The first-order valence-corrected chi connectivity index (χ1v) is 6.73. The molecule has 2 fully saturated rings. The van der Waals surface area contributed by atoms with E-state index in [1.165, 1.54) is 5.56 Å².